The van der Waals surface area contributed by atoms with Crippen LogP contribution in [-0.2, 0) is 13.1 Å². The summed E-state index contributed by atoms with van der Waals surface area (Å²) in [6, 6.07) is 14.8. The number of aryl methyl sites for hydroxylation is 1. The number of halogens is 2. The molecule has 0 unspecified atom stereocenters. The van der Waals surface area contributed by atoms with Crippen LogP contribution in [-0.4, -0.2) is 13.0 Å². The van der Waals surface area contributed by atoms with Crippen LogP contribution in [0, 0.1) is 12.7 Å². The van der Waals surface area contributed by atoms with Crippen LogP contribution in [0.15, 0.2) is 53.5 Å². The van der Waals surface area contributed by atoms with E-state index in [1.54, 1.807) is 19.2 Å². The zero-order chi connectivity index (χ0) is 15.1. The molecule has 118 valence electrons. The van der Waals surface area contributed by atoms with E-state index in [-0.39, 0.29) is 29.8 Å². The zero-order valence-corrected chi connectivity index (χ0v) is 15.1. The van der Waals surface area contributed by atoms with Gasteiger partial charge in [-0.05, 0) is 30.2 Å². The van der Waals surface area contributed by atoms with Crippen molar-refractivity contribution in [3.8, 4) is 0 Å². The van der Waals surface area contributed by atoms with Crippen LogP contribution in [0.1, 0.15) is 16.7 Å². The Morgan fingerprint density at radius 1 is 1.00 bits per heavy atom. The van der Waals surface area contributed by atoms with Crippen LogP contribution in [0.5, 0.6) is 0 Å². The van der Waals surface area contributed by atoms with Crippen molar-refractivity contribution in [3.05, 3.63) is 71.0 Å². The third-order valence-corrected chi connectivity index (χ3v) is 3.14. The average Bonchev–Trinajstić information content (AvgIpc) is 2.49. The first kappa shape index (κ1) is 18.4. The number of rotatable bonds is 4. The van der Waals surface area contributed by atoms with E-state index in [9.17, 15) is 4.39 Å². The Morgan fingerprint density at radius 3 is 2.23 bits per heavy atom. The van der Waals surface area contributed by atoms with E-state index >= 15 is 0 Å². The van der Waals surface area contributed by atoms with E-state index in [1.807, 2.05) is 6.07 Å². The Kier molecular flexibility index (Phi) is 7.87. The largest absolute Gasteiger partial charge is 0.352 e. The summed E-state index contributed by atoms with van der Waals surface area (Å²) in [6.07, 6.45) is 0. The SMILES string of the molecule is CN=C(NCc1ccc(F)cc1)NCc1cccc(C)c1.I. The van der Waals surface area contributed by atoms with Crippen molar-refractivity contribution in [2.24, 2.45) is 4.99 Å². The summed E-state index contributed by atoms with van der Waals surface area (Å²) >= 11 is 0. The summed E-state index contributed by atoms with van der Waals surface area (Å²) in [6.45, 7) is 3.39. The molecule has 22 heavy (non-hydrogen) atoms. The molecule has 0 aliphatic heterocycles. The number of nitrogens with zero attached hydrogens (tertiary/aromatic N) is 1. The van der Waals surface area contributed by atoms with Gasteiger partial charge in [0.15, 0.2) is 5.96 Å². The van der Waals surface area contributed by atoms with E-state index in [0.717, 1.165) is 11.5 Å². The number of hydrogen-bond acceptors (Lipinski definition) is 1. The molecule has 0 aromatic heterocycles. The van der Waals surface area contributed by atoms with Crippen LogP contribution in [0.25, 0.3) is 0 Å². The van der Waals surface area contributed by atoms with Gasteiger partial charge >= 0.3 is 0 Å². The molecule has 2 N–H and O–H groups in total. The molecule has 0 aliphatic rings. The number of benzene rings is 2. The first-order valence-corrected chi connectivity index (χ1v) is 6.92. The molecule has 2 rings (SSSR count). The third kappa shape index (κ3) is 6.01. The lowest BCUT2D eigenvalue weighted by atomic mass is 10.1. The van der Waals surface area contributed by atoms with Crippen molar-refractivity contribution in [2.75, 3.05) is 7.05 Å². The topological polar surface area (TPSA) is 36.4 Å². The minimum absolute atomic E-state index is 0. The van der Waals surface area contributed by atoms with Gasteiger partial charge in [0, 0.05) is 20.1 Å². The fourth-order valence-corrected chi connectivity index (χ4v) is 2.02. The molecular formula is C17H21FIN3. The van der Waals surface area contributed by atoms with Crippen molar-refractivity contribution >= 4 is 29.9 Å². The normalized spacial score (nSPS) is 10.8. The predicted molar refractivity (Wildman–Crippen MR) is 100 cm³/mol. The first-order chi connectivity index (χ1) is 10.2. The highest BCUT2D eigenvalue weighted by Gasteiger charge is 1.99. The van der Waals surface area contributed by atoms with Crippen molar-refractivity contribution in [1.82, 2.24) is 10.6 Å². The molecular weight excluding hydrogens is 392 g/mol. The highest BCUT2D eigenvalue weighted by molar-refractivity contribution is 14.0. The minimum Gasteiger partial charge on any atom is -0.352 e. The molecule has 0 spiro atoms. The summed E-state index contributed by atoms with van der Waals surface area (Å²) in [5.74, 6) is 0.501. The van der Waals surface area contributed by atoms with Gasteiger partial charge in [0.05, 0.1) is 0 Å². The molecule has 0 bridgehead atoms. The Labute approximate surface area is 148 Å². The summed E-state index contributed by atoms with van der Waals surface area (Å²) in [5, 5.41) is 6.47. The smallest absolute Gasteiger partial charge is 0.191 e. The van der Waals surface area contributed by atoms with Crippen LogP contribution >= 0.6 is 24.0 Å². The molecule has 3 nitrogen and oxygen atoms in total. The van der Waals surface area contributed by atoms with Crippen LogP contribution < -0.4 is 10.6 Å². The summed E-state index contributed by atoms with van der Waals surface area (Å²) in [4.78, 5) is 4.18. The van der Waals surface area contributed by atoms with Gasteiger partial charge in [-0.1, -0.05) is 42.0 Å². The molecule has 5 heteroatoms. The molecule has 0 atom stereocenters. The van der Waals surface area contributed by atoms with Crippen LogP contribution in [0.2, 0.25) is 0 Å². The lowest BCUT2D eigenvalue weighted by Crippen LogP contribution is -2.36. The maximum Gasteiger partial charge on any atom is 0.191 e. The van der Waals surface area contributed by atoms with Gasteiger partial charge < -0.3 is 10.6 Å². The molecule has 0 fully saturated rings. The molecule has 0 amide bonds. The Bertz CT molecular complexity index is 612. The van der Waals surface area contributed by atoms with E-state index in [4.69, 9.17) is 0 Å². The Balaban J connectivity index is 0.00000242. The van der Waals surface area contributed by atoms with Gasteiger partial charge in [-0.2, -0.15) is 0 Å². The number of guanidine groups is 1. The number of aliphatic imine (C=N–C) groups is 1. The summed E-state index contributed by atoms with van der Waals surface area (Å²) < 4.78 is 12.8. The first-order valence-electron chi connectivity index (χ1n) is 6.92. The highest BCUT2D eigenvalue weighted by atomic mass is 127. The molecule has 0 radical (unpaired) electrons. The number of nitrogens with one attached hydrogen (secondary N) is 2. The van der Waals surface area contributed by atoms with Gasteiger partial charge in [0.25, 0.3) is 0 Å². The van der Waals surface area contributed by atoms with Gasteiger partial charge in [-0.3, -0.25) is 4.99 Å². The van der Waals surface area contributed by atoms with Crippen molar-refractivity contribution in [1.29, 1.82) is 0 Å². The van der Waals surface area contributed by atoms with Gasteiger partial charge in [0.1, 0.15) is 5.82 Å². The maximum atomic E-state index is 12.8. The maximum absolute atomic E-state index is 12.8. The van der Waals surface area contributed by atoms with Gasteiger partial charge in [-0.15, -0.1) is 24.0 Å². The monoisotopic (exact) mass is 413 g/mol. The summed E-state index contributed by atoms with van der Waals surface area (Å²) in [7, 11) is 1.73. The fraction of sp³-hybridized carbons (Fsp3) is 0.235. The van der Waals surface area contributed by atoms with Gasteiger partial charge in [-0.25, -0.2) is 4.39 Å². The average molecular weight is 413 g/mol. The second-order valence-corrected chi connectivity index (χ2v) is 4.89. The standard InChI is InChI=1S/C17H20FN3.HI/c1-13-4-3-5-15(10-13)12-21-17(19-2)20-11-14-6-8-16(18)9-7-14;/h3-10H,11-12H2,1-2H3,(H2,19,20,21);1H. The molecule has 2 aromatic rings. The Hall–Kier alpha value is -1.63. The molecule has 0 saturated heterocycles. The minimum atomic E-state index is -0.222. The second kappa shape index (κ2) is 9.40. The zero-order valence-electron chi connectivity index (χ0n) is 12.8. The van der Waals surface area contributed by atoms with Crippen molar-refractivity contribution < 1.29 is 4.39 Å². The molecule has 2 aromatic carbocycles. The van der Waals surface area contributed by atoms with E-state index in [0.29, 0.717) is 13.1 Å². The highest BCUT2D eigenvalue weighted by Crippen LogP contribution is 2.04. The third-order valence-electron chi connectivity index (χ3n) is 3.14. The molecule has 0 aliphatic carbocycles. The van der Waals surface area contributed by atoms with E-state index in [2.05, 4.69) is 40.7 Å². The van der Waals surface area contributed by atoms with Crippen LogP contribution in [0.4, 0.5) is 4.39 Å². The van der Waals surface area contributed by atoms with Crippen molar-refractivity contribution in [2.45, 2.75) is 20.0 Å². The van der Waals surface area contributed by atoms with Crippen molar-refractivity contribution in [3.63, 3.8) is 0 Å². The quantitative estimate of drug-likeness (QED) is 0.457. The second-order valence-electron chi connectivity index (χ2n) is 4.89. The van der Waals surface area contributed by atoms with E-state index < -0.39 is 0 Å². The lowest BCUT2D eigenvalue weighted by molar-refractivity contribution is 0.626. The molecule has 0 saturated carbocycles. The fourth-order valence-electron chi connectivity index (χ4n) is 2.02. The van der Waals surface area contributed by atoms with Crippen LogP contribution in [0.3, 0.4) is 0 Å². The van der Waals surface area contributed by atoms with Gasteiger partial charge in [0.2, 0.25) is 0 Å². The lowest BCUT2D eigenvalue weighted by Gasteiger charge is -2.12. The Morgan fingerprint density at radius 2 is 1.64 bits per heavy atom. The van der Waals surface area contributed by atoms with E-state index in [1.165, 1.54) is 23.3 Å². The summed E-state index contributed by atoms with van der Waals surface area (Å²) in [5.41, 5.74) is 3.46. The molecule has 0 heterocycles. The predicted octanol–water partition coefficient (Wildman–Crippen LogP) is 3.62. The number of hydrogen-bond donors (Lipinski definition) is 2.